The number of alkyl halides is 4. The van der Waals surface area contributed by atoms with E-state index in [0.717, 1.165) is 6.07 Å². The molecule has 7 heteroatoms. The van der Waals surface area contributed by atoms with Crippen LogP contribution in [-0.4, -0.2) is 13.0 Å². The first-order chi connectivity index (χ1) is 7.75. The molecule has 0 aliphatic heterocycles. The maximum Gasteiger partial charge on any atom is 0.416 e. The summed E-state index contributed by atoms with van der Waals surface area (Å²) < 4.78 is 50.1. The van der Waals surface area contributed by atoms with E-state index in [1.807, 2.05) is 0 Å². The number of likely N-dealkylation sites (N-methyl/N-ethyl adjacent to an activating group) is 1. The number of benzene rings is 1. The number of nitrogens with one attached hydrogen (secondary N) is 1. The lowest BCUT2D eigenvalue weighted by Crippen LogP contribution is -2.23. The Kier molecular flexibility index (Phi) is 3.98. The zero-order chi connectivity index (χ0) is 13.2. The summed E-state index contributed by atoms with van der Waals surface area (Å²) in [6, 6.07) is 1.79. The molecule has 0 fully saturated rings. The van der Waals surface area contributed by atoms with Crippen molar-refractivity contribution in [3.63, 3.8) is 0 Å². The van der Waals surface area contributed by atoms with Gasteiger partial charge in [0.05, 0.1) is 5.56 Å². The fourth-order valence-electron chi connectivity index (χ4n) is 1.20. The topological polar surface area (TPSA) is 29.1 Å². The molecule has 0 aliphatic rings. The van der Waals surface area contributed by atoms with Crippen LogP contribution in [0.5, 0.6) is 0 Å². The zero-order valence-electron chi connectivity index (χ0n) is 8.61. The molecule has 0 bridgehead atoms. The van der Waals surface area contributed by atoms with Crippen LogP contribution in [0, 0.1) is 5.82 Å². The van der Waals surface area contributed by atoms with Gasteiger partial charge in [0, 0.05) is 7.05 Å². The third-order valence-corrected chi connectivity index (χ3v) is 2.47. The molecule has 1 aromatic carbocycles. The monoisotopic (exact) mass is 269 g/mol. The molecule has 1 N–H and O–H groups in total. The van der Waals surface area contributed by atoms with Gasteiger partial charge >= 0.3 is 6.18 Å². The first kappa shape index (κ1) is 13.8. The van der Waals surface area contributed by atoms with Crippen LogP contribution in [0.25, 0.3) is 0 Å². The minimum Gasteiger partial charge on any atom is -0.358 e. The highest BCUT2D eigenvalue weighted by Gasteiger charge is 2.32. The number of hydrogen-bond donors (Lipinski definition) is 1. The van der Waals surface area contributed by atoms with Crippen LogP contribution in [0.3, 0.4) is 0 Å². The molecule has 1 unspecified atom stereocenters. The minimum absolute atomic E-state index is 0.238. The SMILES string of the molecule is CNC(=O)C(Cl)c1cc(F)cc(C(F)(F)F)c1. The molecule has 1 rings (SSSR count). The van der Waals surface area contributed by atoms with Gasteiger partial charge in [0.1, 0.15) is 11.2 Å². The molecule has 2 nitrogen and oxygen atoms in total. The van der Waals surface area contributed by atoms with Gasteiger partial charge in [0.2, 0.25) is 5.91 Å². The van der Waals surface area contributed by atoms with Crippen molar-refractivity contribution in [3.05, 3.63) is 35.1 Å². The molecule has 0 saturated heterocycles. The number of carbonyl (C=O) groups is 1. The molecule has 0 radical (unpaired) electrons. The van der Waals surface area contributed by atoms with Crippen LogP contribution < -0.4 is 5.32 Å². The van der Waals surface area contributed by atoms with Crippen molar-refractivity contribution >= 4 is 17.5 Å². The Labute approximate surface area is 99.6 Å². The summed E-state index contributed by atoms with van der Waals surface area (Å²) in [5.74, 6) is -1.80. The predicted octanol–water partition coefficient (Wildman–Crippen LogP) is 2.87. The summed E-state index contributed by atoms with van der Waals surface area (Å²) in [6.45, 7) is 0. The number of carbonyl (C=O) groups excluding carboxylic acids is 1. The van der Waals surface area contributed by atoms with Crippen LogP contribution in [0.1, 0.15) is 16.5 Å². The molecular formula is C10H8ClF4NO. The smallest absolute Gasteiger partial charge is 0.358 e. The normalized spacial score (nSPS) is 13.3. The van der Waals surface area contributed by atoms with Crippen molar-refractivity contribution in [2.75, 3.05) is 7.05 Å². The maximum atomic E-state index is 13.0. The van der Waals surface area contributed by atoms with E-state index < -0.39 is 28.8 Å². The minimum atomic E-state index is -4.68. The van der Waals surface area contributed by atoms with Crippen molar-refractivity contribution in [1.82, 2.24) is 5.32 Å². The van der Waals surface area contributed by atoms with Crippen LogP contribution in [-0.2, 0) is 11.0 Å². The summed E-state index contributed by atoms with van der Waals surface area (Å²) >= 11 is 5.60. The summed E-state index contributed by atoms with van der Waals surface area (Å²) in [7, 11) is 1.28. The van der Waals surface area contributed by atoms with Gasteiger partial charge in [-0.05, 0) is 23.8 Å². The average molecular weight is 270 g/mol. The summed E-state index contributed by atoms with van der Waals surface area (Å²) in [4.78, 5) is 11.1. The average Bonchev–Trinajstić information content (AvgIpc) is 2.25. The number of hydrogen-bond acceptors (Lipinski definition) is 1. The van der Waals surface area contributed by atoms with Crippen molar-refractivity contribution in [2.24, 2.45) is 0 Å². The number of halogens is 5. The van der Waals surface area contributed by atoms with E-state index in [0.29, 0.717) is 12.1 Å². The molecule has 0 saturated carbocycles. The van der Waals surface area contributed by atoms with E-state index in [9.17, 15) is 22.4 Å². The maximum absolute atomic E-state index is 13.0. The Balaban J connectivity index is 3.18. The van der Waals surface area contributed by atoms with Crippen molar-refractivity contribution < 1.29 is 22.4 Å². The van der Waals surface area contributed by atoms with Crippen molar-refractivity contribution in [3.8, 4) is 0 Å². The Morgan fingerprint density at radius 3 is 2.41 bits per heavy atom. The van der Waals surface area contributed by atoms with Gasteiger partial charge in [-0.15, -0.1) is 11.6 Å². The molecule has 0 spiro atoms. The van der Waals surface area contributed by atoms with Gasteiger partial charge in [-0.25, -0.2) is 4.39 Å². The van der Waals surface area contributed by atoms with E-state index >= 15 is 0 Å². The summed E-state index contributed by atoms with van der Waals surface area (Å²) in [6.07, 6.45) is -4.68. The molecule has 0 heterocycles. The first-order valence-corrected chi connectivity index (χ1v) is 4.92. The van der Waals surface area contributed by atoms with Gasteiger partial charge in [0.15, 0.2) is 0 Å². The highest BCUT2D eigenvalue weighted by molar-refractivity contribution is 6.30. The lowest BCUT2D eigenvalue weighted by atomic mass is 10.1. The quantitative estimate of drug-likeness (QED) is 0.649. The number of rotatable bonds is 2. The third kappa shape index (κ3) is 3.33. The van der Waals surface area contributed by atoms with Gasteiger partial charge in [0.25, 0.3) is 0 Å². The van der Waals surface area contributed by atoms with E-state index in [4.69, 9.17) is 11.6 Å². The molecule has 17 heavy (non-hydrogen) atoms. The first-order valence-electron chi connectivity index (χ1n) is 4.49. The summed E-state index contributed by atoms with van der Waals surface area (Å²) in [5.41, 5.74) is -1.42. The number of amides is 1. The molecule has 0 aliphatic carbocycles. The molecule has 94 valence electrons. The highest BCUT2D eigenvalue weighted by Crippen LogP contribution is 2.32. The lowest BCUT2D eigenvalue weighted by Gasteiger charge is -2.12. The molecule has 1 amide bonds. The largest absolute Gasteiger partial charge is 0.416 e. The Bertz CT molecular complexity index is 433. The molecular weight excluding hydrogens is 262 g/mol. The third-order valence-electron chi connectivity index (χ3n) is 2.02. The van der Waals surface area contributed by atoms with E-state index in [2.05, 4.69) is 5.32 Å². The van der Waals surface area contributed by atoms with E-state index in [-0.39, 0.29) is 5.56 Å². The zero-order valence-corrected chi connectivity index (χ0v) is 9.36. The van der Waals surface area contributed by atoms with Crippen LogP contribution in [0.2, 0.25) is 0 Å². The van der Waals surface area contributed by atoms with Crippen LogP contribution in [0.15, 0.2) is 18.2 Å². The predicted molar refractivity (Wildman–Crippen MR) is 54.1 cm³/mol. The van der Waals surface area contributed by atoms with Crippen LogP contribution in [0.4, 0.5) is 17.6 Å². The highest BCUT2D eigenvalue weighted by atomic mass is 35.5. The molecule has 1 aromatic rings. The van der Waals surface area contributed by atoms with Crippen LogP contribution >= 0.6 is 11.6 Å². The van der Waals surface area contributed by atoms with Gasteiger partial charge in [-0.1, -0.05) is 0 Å². The Morgan fingerprint density at radius 1 is 1.35 bits per heavy atom. The fraction of sp³-hybridized carbons (Fsp3) is 0.300. The van der Waals surface area contributed by atoms with Gasteiger partial charge < -0.3 is 5.32 Å². The lowest BCUT2D eigenvalue weighted by molar-refractivity contribution is -0.138. The second-order valence-corrected chi connectivity index (χ2v) is 3.68. The second-order valence-electron chi connectivity index (χ2n) is 3.25. The van der Waals surface area contributed by atoms with Gasteiger partial charge in [-0.2, -0.15) is 13.2 Å². The second kappa shape index (κ2) is 4.91. The Morgan fingerprint density at radius 2 is 1.94 bits per heavy atom. The fourth-order valence-corrected chi connectivity index (χ4v) is 1.44. The van der Waals surface area contributed by atoms with Crippen molar-refractivity contribution in [1.29, 1.82) is 0 Å². The van der Waals surface area contributed by atoms with Gasteiger partial charge in [-0.3, -0.25) is 4.79 Å². The Hall–Kier alpha value is -1.30. The molecule has 1 atom stereocenters. The van der Waals surface area contributed by atoms with E-state index in [1.54, 1.807) is 0 Å². The standard InChI is InChI=1S/C10H8ClF4NO/c1-16-9(17)8(11)5-2-6(10(13,14)15)4-7(12)3-5/h2-4,8H,1H3,(H,16,17). The van der Waals surface area contributed by atoms with Crippen molar-refractivity contribution in [2.45, 2.75) is 11.6 Å². The summed E-state index contributed by atoms with van der Waals surface area (Å²) in [5, 5.41) is 0.802. The molecule has 0 aromatic heterocycles. The van der Waals surface area contributed by atoms with E-state index in [1.165, 1.54) is 7.05 Å².